The summed E-state index contributed by atoms with van der Waals surface area (Å²) in [5, 5.41) is 4.43. The number of aromatic nitrogens is 1. The Morgan fingerprint density at radius 2 is 2.19 bits per heavy atom. The van der Waals surface area contributed by atoms with Crippen LogP contribution in [0, 0.1) is 5.92 Å². The van der Waals surface area contributed by atoms with Gasteiger partial charge < -0.3 is 10.1 Å². The number of ether oxygens (including phenoxy) is 1. The monoisotopic (exact) mass is 308 g/mol. The number of anilines is 1. The molecule has 21 heavy (non-hydrogen) atoms. The second kappa shape index (κ2) is 6.77. The number of hydrogen-bond donors (Lipinski definition) is 1. The molecule has 0 spiro atoms. The van der Waals surface area contributed by atoms with Crippen molar-refractivity contribution in [3.8, 4) is 0 Å². The summed E-state index contributed by atoms with van der Waals surface area (Å²) >= 11 is 1.71. The van der Waals surface area contributed by atoms with Crippen LogP contribution in [0.3, 0.4) is 0 Å². The molecule has 0 saturated heterocycles. The summed E-state index contributed by atoms with van der Waals surface area (Å²) in [6, 6.07) is 0. The predicted octanol–water partition coefficient (Wildman–Crippen LogP) is 3.73. The highest BCUT2D eigenvalue weighted by Crippen LogP contribution is 2.39. The molecule has 5 heteroatoms. The lowest BCUT2D eigenvalue weighted by Gasteiger charge is -2.09. The van der Waals surface area contributed by atoms with Gasteiger partial charge in [-0.2, -0.15) is 0 Å². The highest BCUT2D eigenvalue weighted by molar-refractivity contribution is 7.15. The third-order valence-corrected chi connectivity index (χ3v) is 5.68. The SMILES string of the molecule is CCOC(=O)C1CCc2sc(NCCC3CCCC3)nc21. The lowest BCUT2D eigenvalue weighted by Crippen LogP contribution is -2.14. The fourth-order valence-corrected chi connectivity index (χ4v) is 4.52. The number of thiazole rings is 1. The van der Waals surface area contributed by atoms with E-state index in [1.165, 1.54) is 37.0 Å². The minimum atomic E-state index is -0.137. The molecule has 1 saturated carbocycles. The number of aryl methyl sites for hydroxylation is 1. The molecule has 1 N–H and O–H groups in total. The number of nitrogens with one attached hydrogen (secondary N) is 1. The maximum Gasteiger partial charge on any atom is 0.315 e. The van der Waals surface area contributed by atoms with Gasteiger partial charge in [-0.25, -0.2) is 4.98 Å². The normalized spacial score (nSPS) is 21.5. The summed E-state index contributed by atoms with van der Waals surface area (Å²) in [6.07, 6.45) is 8.64. The number of carbonyl (C=O) groups excluding carboxylic acids is 1. The van der Waals surface area contributed by atoms with Crippen LogP contribution in [-0.4, -0.2) is 24.1 Å². The van der Waals surface area contributed by atoms with E-state index in [4.69, 9.17) is 4.74 Å². The van der Waals surface area contributed by atoms with E-state index in [9.17, 15) is 4.79 Å². The lowest BCUT2D eigenvalue weighted by molar-refractivity contribution is -0.145. The van der Waals surface area contributed by atoms with E-state index in [1.807, 2.05) is 6.92 Å². The molecule has 1 aromatic heterocycles. The van der Waals surface area contributed by atoms with Gasteiger partial charge in [0.15, 0.2) is 5.13 Å². The molecule has 0 aliphatic heterocycles. The van der Waals surface area contributed by atoms with Crippen LogP contribution in [0.5, 0.6) is 0 Å². The van der Waals surface area contributed by atoms with Crippen LogP contribution in [0.15, 0.2) is 0 Å². The van der Waals surface area contributed by atoms with Crippen molar-refractivity contribution in [1.82, 2.24) is 4.98 Å². The van der Waals surface area contributed by atoms with Crippen LogP contribution in [0.25, 0.3) is 0 Å². The number of carbonyl (C=O) groups is 1. The highest BCUT2D eigenvalue weighted by atomic mass is 32.1. The van der Waals surface area contributed by atoms with Gasteiger partial charge in [-0.1, -0.05) is 25.7 Å². The summed E-state index contributed by atoms with van der Waals surface area (Å²) in [4.78, 5) is 17.8. The van der Waals surface area contributed by atoms with Crippen LogP contribution in [0.2, 0.25) is 0 Å². The topological polar surface area (TPSA) is 51.2 Å². The maximum atomic E-state index is 11.9. The summed E-state index contributed by atoms with van der Waals surface area (Å²) in [5.74, 6) is 0.650. The van der Waals surface area contributed by atoms with Crippen LogP contribution in [0.4, 0.5) is 5.13 Å². The Hall–Kier alpha value is -1.10. The van der Waals surface area contributed by atoms with Crippen molar-refractivity contribution in [2.75, 3.05) is 18.5 Å². The molecular weight excluding hydrogens is 284 g/mol. The molecule has 0 aromatic carbocycles. The summed E-state index contributed by atoms with van der Waals surface area (Å²) in [7, 11) is 0. The van der Waals surface area contributed by atoms with Crippen molar-refractivity contribution in [2.24, 2.45) is 5.92 Å². The minimum Gasteiger partial charge on any atom is -0.465 e. The first-order valence-electron chi connectivity index (χ1n) is 8.18. The smallest absolute Gasteiger partial charge is 0.315 e. The summed E-state index contributed by atoms with van der Waals surface area (Å²) in [6.45, 7) is 3.30. The van der Waals surface area contributed by atoms with Crippen LogP contribution >= 0.6 is 11.3 Å². The van der Waals surface area contributed by atoms with E-state index in [-0.39, 0.29) is 11.9 Å². The van der Waals surface area contributed by atoms with Gasteiger partial charge in [0.05, 0.1) is 12.3 Å². The Labute approximate surface area is 130 Å². The number of fused-ring (bicyclic) bond motifs is 1. The molecular formula is C16H24N2O2S. The van der Waals surface area contributed by atoms with Crippen molar-refractivity contribution in [2.45, 2.75) is 57.8 Å². The zero-order valence-electron chi connectivity index (χ0n) is 12.7. The van der Waals surface area contributed by atoms with Crippen molar-refractivity contribution < 1.29 is 9.53 Å². The Morgan fingerprint density at radius 3 is 2.95 bits per heavy atom. The van der Waals surface area contributed by atoms with Gasteiger partial charge in [0.1, 0.15) is 5.92 Å². The van der Waals surface area contributed by atoms with Crippen molar-refractivity contribution >= 4 is 22.4 Å². The number of rotatable bonds is 6. The zero-order valence-corrected chi connectivity index (χ0v) is 13.5. The van der Waals surface area contributed by atoms with Gasteiger partial charge in [-0.3, -0.25) is 4.79 Å². The van der Waals surface area contributed by atoms with Crippen molar-refractivity contribution in [1.29, 1.82) is 0 Å². The molecule has 3 rings (SSSR count). The predicted molar refractivity (Wildman–Crippen MR) is 84.9 cm³/mol. The Kier molecular flexibility index (Phi) is 4.78. The molecule has 2 aliphatic rings. The molecule has 1 fully saturated rings. The maximum absolute atomic E-state index is 11.9. The Morgan fingerprint density at radius 1 is 1.38 bits per heavy atom. The van der Waals surface area contributed by atoms with E-state index >= 15 is 0 Å². The van der Waals surface area contributed by atoms with Crippen LogP contribution < -0.4 is 5.32 Å². The average molecular weight is 308 g/mol. The number of esters is 1. The molecule has 0 bridgehead atoms. The number of nitrogens with zero attached hydrogens (tertiary/aromatic N) is 1. The van der Waals surface area contributed by atoms with E-state index in [1.54, 1.807) is 11.3 Å². The molecule has 1 atom stereocenters. The second-order valence-corrected chi connectivity index (χ2v) is 7.12. The van der Waals surface area contributed by atoms with Gasteiger partial charge in [0.25, 0.3) is 0 Å². The zero-order chi connectivity index (χ0) is 14.7. The largest absolute Gasteiger partial charge is 0.465 e. The van der Waals surface area contributed by atoms with Gasteiger partial charge in [0.2, 0.25) is 0 Å². The molecule has 1 aromatic rings. The Bertz CT molecular complexity index is 494. The Balaban J connectivity index is 1.54. The van der Waals surface area contributed by atoms with Crippen LogP contribution in [-0.2, 0) is 16.0 Å². The van der Waals surface area contributed by atoms with Gasteiger partial charge in [-0.15, -0.1) is 11.3 Å². The third kappa shape index (κ3) is 3.39. The molecule has 1 unspecified atom stereocenters. The summed E-state index contributed by atoms with van der Waals surface area (Å²) in [5.41, 5.74) is 0.960. The van der Waals surface area contributed by atoms with Crippen molar-refractivity contribution in [3.63, 3.8) is 0 Å². The second-order valence-electron chi connectivity index (χ2n) is 6.04. The standard InChI is InChI=1S/C16H24N2O2S/c1-2-20-15(19)12-7-8-13-14(12)18-16(21-13)17-10-9-11-5-3-4-6-11/h11-12H,2-10H2,1H3,(H,17,18). The van der Waals surface area contributed by atoms with E-state index in [0.717, 1.165) is 36.1 Å². The first kappa shape index (κ1) is 14.8. The first-order chi connectivity index (χ1) is 10.3. The van der Waals surface area contributed by atoms with E-state index in [0.29, 0.717) is 6.61 Å². The molecule has 1 heterocycles. The molecule has 116 valence electrons. The van der Waals surface area contributed by atoms with Gasteiger partial charge in [0, 0.05) is 11.4 Å². The number of hydrogen-bond acceptors (Lipinski definition) is 5. The molecule has 0 amide bonds. The molecule has 0 radical (unpaired) electrons. The molecule has 4 nitrogen and oxygen atoms in total. The van der Waals surface area contributed by atoms with Crippen LogP contribution in [0.1, 0.15) is 61.9 Å². The third-order valence-electron chi connectivity index (χ3n) is 4.59. The highest BCUT2D eigenvalue weighted by Gasteiger charge is 2.33. The quantitative estimate of drug-likeness (QED) is 0.814. The van der Waals surface area contributed by atoms with Gasteiger partial charge in [-0.05, 0) is 32.1 Å². The first-order valence-corrected chi connectivity index (χ1v) is 8.99. The lowest BCUT2D eigenvalue weighted by atomic mass is 10.0. The fraction of sp³-hybridized carbons (Fsp3) is 0.750. The molecule has 2 aliphatic carbocycles. The van der Waals surface area contributed by atoms with Gasteiger partial charge >= 0.3 is 5.97 Å². The average Bonchev–Trinajstić information content (AvgIpc) is 3.14. The van der Waals surface area contributed by atoms with E-state index in [2.05, 4.69) is 10.3 Å². The fourth-order valence-electron chi connectivity index (χ4n) is 3.46. The van der Waals surface area contributed by atoms with E-state index < -0.39 is 0 Å². The minimum absolute atomic E-state index is 0.112. The summed E-state index contributed by atoms with van der Waals surface area (Å²) < 4.78 is 5.15. The van der Waals surface area contributed by atoms with Crippen molar-refractivity contribution in [3.05, 3.63) is 10.6 Å².